The summed E-state index contributed by atoms with van der Waals surface area (Å²) in [6.07, 6.45) is 1.56. The first-order valence-electron chi connectivity index (χ1n) is 7.33. The summed E-state index contributed by atoms with van der Waals surface area (Å²) in [4.78, 5) is 23.1. The lowest BCUT2D eigenvalue weighted by Gasteiger charge is -2.11. The highest BCUT2D eigenvalue weighted by atomic mass is 35.5. The number of methoxy groups -OCH3 is 1. The summed E-state index contributed by atoms with van der Waals surface area (Å²) >= 11 is 5.99. The highest BCUT2D eigenvalue weighted by Crippen LogP contribution is 2.35. The molecule has 3 N–H and O–H groups in total. The van der Waals surface area contributed by atoms with Crippen LogP contribution in [0.2, 0.25) is 5.02 Å². The average Bonchev–Trinajstić information content (AvgIpc) is 2.61. The van der Waals surface area contributed by atoms with Crippen LogP contribution in [-0.2, 0) is 0 Å². The second-order valence-corrected chi connectivity index (χ2v) is 5.52. The van der Waals surface area contributed by atoms with Crippen molar-refractivity contribution in [3.05, 3.63) is 57.7 Å². The molecule has 3 rings (SSSR count). The lowest BCUT2D eigenvalue weighted by Crippen LogP contribution is -2.07. The second kappa shape index (κ2) is 7.19. The lowest BCUT2D eigenvalue weighted by atomic mass is 10.1. The van der Waals surface area contributed by atoms with Crippen molar-refractivity contribution in [2.45, 2.75) is 0 Å². The Balaban J connectivity index is 2.13. The molecule has 0 fully saturated rings. The molecule has 0 saturated heterocycles. The molecule has 0 spiro atoms. The summed E-state index contributed by atoms with van der Waals surface area (Å²) in [5, 5.41) is 14.8. The van der Waals surface area contributed by atoms with Gasteiger partial charge in [0.05, 0.1) is 12.0 Å². The van der Waals surface area contributed by atoms with E-state index in [2.05, 4.69) is 20.3 Å². The molecule has 0 radical (unpaired) electrons. The van der Waals surface area contributed by atoms with E-state index < -0.39 is 10.6 Å². The van der Waals surface area contributed by atoms with Crippen LogP contribution < -0.4 is 15.8 Å². The molecule has 0 unspecified atom stereocenters. The molecule has 0 atom stereocenters. The van der Waals surface area contributed by atoms with Gasteiger partial charge >= 0.3 is 5.69 Å². The molecule has 3 aromatic rings. The number of halogens is 1. The fourth-order valence-corrected chi connectivity index (χ4v) is 2.50. The van der Waals surface area contributed by atoms with E-state index in [1.165, 1.54) is 7.11 Å². The quantitative estimate of drug-likeness (QED) is 0.514. The summed E-state index contributed by atoms with van der Waals surface area (Å²) in [6.45, 7) is 0. The van der Waals surface area contributed by atoms with Crippen LogP contribution in [0.4, 0.5) is 23.1 Å². The molecule has 26 heavy (non-hydrogen) atoms. The largest absolute Gasteiger partial charge is 0.480 e. The molecule has 2 aromatic heterocycles. The van der Waals surface area contributed by atoms with Crippen LogP contribution in [0.25, 0.3) is 11.3 Å². The number of rotatable bonds is 5. The van der Waals surface area contributed by atoms with Crippen molar-refractivity contribution in [3.8, 4) is 17.1 Å². The fraction of sp³-hybridized carbons (Fsp3) is 0.0625. The van der Waals surface area contributed by atoms with Crippen LogP contribution in [0.1, 0.15) is 0 Å². The van der Waals surface area contributed by atoms with Gasteiger partial charge in [-0.2, -0.15) is 4.98 Å². The number of nitrogens with one attached hydrogen (secondary N) is 1. The first-order chi connectivity index (χ1) is 12.5. The number of nitro groups is 1. The molecule has 0 aliphatic rings. The zero-order valence-electron chi connectivity index (χ0n) is 13.5. The van der Waals surface area contributed by atoms with E-state index in [0.29, 0.717) is 22.2 Å². The zero-order chi connectivity index (χ0) is 18.7. The first-order valence-corrected chi connectivity index (χ1v) is 7.71. The van der Waals surface area contributed by atoms with Gasteiger partial charge in [-0.3, -0.25) is 10.1 Å². The number of pyridine rings is 1. The van der Waals surface area contributed by atoms with E-state index in [0.717, 1.165) is 0 Å². The number of hydrogen-bond acceptors (Lipinski definition) is 8. The molecule has 1 aromatic carbocycles. The monoisotopic (exact) mass is 372 g/mol. The average molecular weight is 373 g/mol. The number of hydrogen-bond donors (Lipinski definition) is 2. The predicted octanol–water partition coefficient (Wildman–Crippen LogP) is 3.43. The topological polar surface area (TPSA) is 129 Å². The molecular weight excluding hydrogens is 360 g/mol. The summed E-state index contributed by atoms with van der Waals surface area (Å²) in [5.41, 5.74) is 6.40. The zero-order valence-corrected chi connectivity index (χ0v) is 14.3. The van der Waals surface area contributed by atoms with Gasteiger partial charge in [-0.15, -0.1) is 0 Å². The van der Waals surface area contributed by atoms with Gasteiger partial charge in [0.25, 0.3) is 0 Å². The third kappa shape index (κ3) is 3.47. The Labute approximate surface area is 153 Å². The Hall–Kier alpha value is -3.46. The highest BCUT2D eigenvalue weighted by Gasteiger charge is 2.24. The van der Waals surface area contributed by atoms with Crippen molar-refractivity contribution in [1.29, 1.82) is 0 Å². The molecule has 0 aliphatic heterocycles. The third-order valence-electron chi connectivity index (χ3n) is 3.40. The number of ether oxygens (including phenoxy) is 1. The molecule has 132 valence electrons. The Kier molecular flexibility index (Phi) is 4.81. The van der Waals surface area contributed by atoms with Gasteiger partial charge in [-0.25, -0.2) is 9.97 Å². The minimum atomic E-state index is -0.625. The summed E-state index contributed by atoms with van der Waals surface area (Å²) in [5.74, 6) is 0.108. The van der Waals surface area contributed by atoms with E-state index in [1.54, 1.807) is 42.6 Å². The van der Waals surface area contributed by atoms with E-state index in [9.17, 15) is 10.1 Å². The Morgan fingerprint density at radius 3 is 2.77 bits per heavy atom. The van der Waals surface area contributed by atoms with Crippen molar-refractivity contribution in [3.63, 3.8) is 0 Å². The normalized spacial score (nSPS) is 10.4. The van der Waals surface area contributed by atoms with Crippen LogP contribution in [0.15, 0.2) is 42.6 Å². The Morgan fingerprint density at radius 1 is 1.27 bits per heavy atom. The standard InChI is InChI=1S/C16H13ClN6O3/c1-26-15-11(6-3-7-19-15)20-16-21-12(9-4-2-5-10(17)8-9)13(23(24)25)14(18)22-16/h2-8H,1H3,(H3,18,20,21,22). The van der Waals surface area contributed by atoms with Gasteiger partial charge in [0.15, 0.2) is 5.69 Å². The SMILES string of the molecule is COc1ncccc1Nc1nc(N)c([N+](=O)[O-])c(-c2cccc(Cl)c2)n1. The maximum atomic E-state index is 11.4. The molecule has 0 saturated carbocycles. The van der Waals surface area contributed by atoms with Crippen molar-refractivity contribution in [2.24, 2.45) is 0 Å². The third-order valence-corrected chi connectivity index (χ3v) is 3.64. The van der Waals surface area contributed by atoms with Gasteiger partial charge in [-0.05, 0) is 24.3 Å². The highest BCUT2D eigenvalue weighted by molar-refractivity contribution is 6.30. The molecule has 0 aliphatic carbocycles. The fourth-order valence-electron chi connectivity index (χ4n) is 2.31. The number of benzene rings is 1. The number of anilines is 3. The van der Waals surface area contributed by atoms with Crippen molar-refractivity contribution >= 4 is 34.7 Å². The maximum absolute atomic E-state index is 11.4. The molecule has 9 nitrogen and oxygen atoms in total. The molecule has 10 heteroatoms. The van der Waals surface area contributed by atoms with Crippen LogP contribution >= 0.6 is 11.6 Å². The van der Waals surface area contributed by atoms with Gasteiger partial charge in [-0.1, -0.05) is 23.7 Å². The summed E-state index contributed by atoms with van der Waals surface area (Å²) in [6, 6.07) is 9.92. The lowest BCUT2D eigenvalue weighted by molar-refractivity contribution is -0.383. The van der Waals surface area contributed by atoms with Crippen LogP contribution in [0.3, 0.4) is 0 Å². The smallest absolute Gasteiger partial charge is 0.337 e. The van der Waals surface area contributed by atoms with Crippen molar-refractivity contribution in [2.75, 3.05) is 18.2 Å². The maximum Gasteiger partial charge on any atom is 0.337 e. The van der Waals surface area contributed by atoms with E-state index in [1.807, 2.05) is 0 Å². The van der Waals surface area contributed by atoms with Crippen LogP contribution in [-0.4, -0.2) is 27.0 Å². The van der Waals surface area contributed by atoms with Crippen molar-refractivity contribution < 1.29 is 9.66 Å². The minimum Gasteiger partial charge on any atom is -0.480 e. The van der Waals surface area contributed by atoms with E-state index in [4.69, 9.17) is 22.1 Å². The summed E-state index contributed by atoms with van der Waals surface area (Å²) in [7, 11) is 1.47. The van der Waals surface area contributed by atoms with Crippen LogP contribution in [0.5, 0.6) is 5.88 Å². The second-order valence-electron chi connectivity index (χ2n) is 5.08. The number of aromatic nitrogens is 3. The van der Waals surface area contributed by atoms with Crippen LogP contribution in [0, 0.1) is 10.1 Å². The van der Waals surface area contributed by atoms with E-state index >= 15 is 0 Å². The minimum absolute atomic E-state index is 0.0513. The van der Waals surface area contributed by atoms with E-state index in [-0.39, 0.29) is 17.5 Å². The molecular formula is C16H13ClN6O3. The molecule has 2 heterocycles. The molecule has 0 amide bonds. The first kappa shape index (κ1) is 17.4. The van der Waals surface area contributed by atoms with Gasteiger partial charge in [0.2, 0.25) is 17.6 Å². The van der Waals surface area contributed by atoms with Gasteiger partial charge < -0.3 is 15.8 Å². The number of nitrogen functional groups attached to an aromatic ring is 1. The number of nitrogens with zero attached hydrogens (tertiary/aromatic N) is 4. The summed E-state index contributed by atoms with van der Waals surface area (Å²) < 4.78 is 5.15. The number of nitrogens with two attached hydrogens (primary N) is 1. The Bertz CT molecular complexity index is 982. The Morgan fingerprint density at radius 2 is 2.08 bits per heavy atom. The van der Waals surface area contributed by atoms with Crippen molar-refractivity contribution in [1.82, 2.24) is 15.0 Å². The molecule has 0 bridgehead atoms. The van der Waals surface area contributed by atoms with Gasteiger partial charge in [0.1, 0.15) is 5.69 Å². The predicted molar refractivity (Wildman–Crippen MR) is 97.6 cm³/mol. The van der Waals surface area contributed by atoms with Gasteiger partial charge in [0, 0.05) is 16.8 Å².